The van der Waals surface area contributed by atoms with Gasteiger partial charge < -0.3 is 25.6 Å². The number of phenolic OH excluding ortho intramolecular Hbond substituents is 1. The second-order valence-electron chi connectivity index (χ2n) is 6.46. The van der Waals surface area contributed by atoms with Crippen molar-refractivity contribution in [2.75, 3.05) is 20.3 Å². The third-order valence-corrected chi connectivity index (χ3v) is 4.26. The lowest BCUT2D eigenvalue weighted by Gasteiger charge is -2.16. The number of aromatic hydroxyl groups is 1. The van der Waals surface area contributed by atoms with Gasteiger partial charge in [0.2, 0.25) is 0 Å². The van der Waals surface area contributed by atoms with E-state index in [-0.39, 0.29) is 23.9 Å². The first-order valence-electron chi connectivity index (χ1n) is 9.20. The number of amides is 1. The highest BCUT2D eigenvalue weighted by Crippen LogP contribution is 2.16. The molecule has 0 aliphatic heterocycles. The number of hydrogen-bond acceptors (Lipinski definition) is 8. The number of phenols is 1. The van der Waals surface area contributed by atoms with Gasteiger partial charge in [-0.3, -0.25) is 4.79 Å². The molecule has 1 aromatic heterocycles. The summed E-state index contributed by atoms with van der Waals surface area (Å²) in [4.78, 5) is 32.6. The molecule has 1 heterocycles. The predicted molar refractivity (Wildman–Crippen MR) is 106 cm³/mol. The molecule has 0 fully saturated rings. The van der Waals surface area contributed by atoms with Gasteiger partial charge in [0.1, 0.15) is 11.8 Å². The van der Waals surface area contributed by atoms with E-state index < -0.39 is 17.9 Å². The van der Waals surface area contributed by atoms with Crippen LogP contribution in [0.5, 0.6) is 11.8 Å². The van der Waals surface area contributed by atoms with E-state index >= 15 is 0 Å². The first kappa shape index (κ1) is 22.1. The topological polar surface area (TPSA) is 137 Å². The number of nitrogens with one attached hydrogen (secondary N) is 1. The van der Waals surface area contributed by atoms with Gasteiger partial charge in [-0.1, -0.05) is 12.1 Å². The third kappa shape index (κ3) is 6.15. The van der Waals surface area contributed by atoms with Crippen molar-refractivity contribution in [2.24, 2.45) is 5.73 Å². The number of carbonyl (C=O) groups excluding carboxylic acids is 2. The number of esters is 1. The average Bonchev–Trinajstić information content (AvgIpc) is 2.68. The zero-order chi connectivity index (χ0) is 21.4. The van der Waals surface area contributed by atoms with Crippen molar-refractivity contribution >= 4 is 11.9 Å². The van der Waals surface area contributed by atoms with Gasteiger partial charge in [-0.05, 0) is 44.4 Å². The molecule has 2 rings (SSSR count). The molecule has 1 atom stereocenters. The lowest BCUT2D eigenvalue weighted by molar-refractivity contribution is -0.142. The SMILES string of the molecule is COC(=O)[C@H](CN)NC(=O)c1c(C)nc(OCCCc2cccc(O)c2)nc1C. The fourth-order valence-electron chi connectivity index (χ4n) is 2.82. The second kappa shape index (κ2) is 10.4. The number of hydrogen-bond donors (Lipinski definition) is 3. The number of ether oxygens (including phenoxy) is 2. The Morgan fingerprint density at radius 3 is 2.52 bits per heavy atom. The summed E-state index contributed by atoms with van der Waals surface area (Å²) >= 11 is 0. The van der Waals surface area contributed by atoms with E-state index in [2.05, 4.69) is 20.0 Å². The molecule has 1 aromatic carbocycles. The van der Waals surface area contributed by atoms with Crippen molar-refractivity contribution in [2.45, 2.75) is 32.7 Å². The van der Waals surface area contributed by atoms with E-state index in [0.29, 0.717) is 24.4 Å². The number of nitrogens with two attached hydrogens (primary N) is 1. The smallest absolute Gasteiger partial charge is 0.329 e. The molecule has 0 spiro atoms. The third-order valence-electron chi connectivity index (χ3n) is 4.26. The normalized spacial score (nSPS) is 11.6. The molecule has 9 heteroatoms. The van der Waals surface area contributed by atoms with Gasteiger partial charge in [0.05, 0.1) is 30.7 Å². The van der Waals surface area contributed by atoms with Crippen LogP contribution in [-0.4, -0.2) is 53.3 Å². The molecule has 0 saturated heterocycles. The molecule has 156 valence electrons. The molecule has 1 amide bonds. The Kier molecular flexibility index (Phi) is 7.90. The highest BCUT2D eigenvalue weighted by molar-refractivity contribution is 5.98. The fraction of sp³-hybridized carbons (Fsp3) is 0.400. The standard InChI is InChI=1S/C20H26N4O5/c1-12-17(18(26)24-16(11-21)19(27)28-3)13(2)23-20(22-12)29-9-5-7-14-6-4-8-15(25)10-14/h4,6,8,10,16,25H,5,7,9,11,21H2,1-3H3,(H,24,26)/t16-/m0/s1. The van der Waals surface area contributed by atoms with Crippen LogP contribution in [0.3, 0.4) is 0 Å². The first-order valence-corrected chi connectivity index (χ1v) is 9.20. The molecule has 0 unspecified atom stereocenters. The largest absolute Gasteiger partial charge is 0.508 e. The van der Waals surface area contributed by atoms with Crippen molar-refractivity contribution in [3.05, 3.63) is 46.8 Å². The van der Waals surface area contributed by atoms with Crippen molar-refractivity contribution in [1.82, 2.24) is 15.3 Å². The molecule has 0 bridgehead atoms. The molecule has 0 aliphatic carbocycles. The van der Waals surface area contributed by atoms with Gasteiger partial charge in [0.15, 0.2) is 0 Å². The van der Waals surface area contributed by atoms with Crippen molar-refractivity contribution in [3.8, 4) is 11.8 Å². The Morgan fingerprint density at radius 2 is 1.93 bits per heavy atom. The first-order chi connectivity index (χ1) is 13.8. The monoisotopic (exact) mass is 402 g/mol. The minimum atomic E-state index is -0.945. The number of nitrogens with zero attached hydrogens (tertiary/aromatic N) is 2. The Bertz CT molecular complexity index is 849. The van der Waals surface area contributed by atoms with Crippen molar-refractivity contribution in [3.63, 3.8) is 0 Å². The van der Waals surface area contributed by atoms with E-state index in [1.165, 1.54) is 7.11 Å². The quantitative estimate of drug-likeness (QED) is 0.418. The Morgan fingerprint density at radius 1 is 1.24 bits per heavy atom. The predicted octanol–water partition coefficient (Wildman–Crippen LogP) is 1.04. The highest BCUT2D eigenvalue weighted by atomic mass is 16.5. The van der Waals surface area contributed by atoms with Gasteiger partial charge >= 0.3 is 12.0 Å². The second-order valence-corrected chi connectivity index (χ2v) is 6.46. The number of benzene rings is 1. The molecule has 4 N–H and O–H groups in total. The van der Waals surface area contributed by atoms with Crippen LogP contribution in [-0.2, 0) is 16.0 Å². The van der Waals surface area contributed by atoms with Gasteiger partial charge in [0, 0.05) is 6.54 Å². The molecule has 0 saturated carbocycles. The van der Waals surface area contributed by atoms with Crippen LogP contribution in [0.25, 0.3) is 0 Å². The van der Waals surface area contributed by atoms with Crippen molar-refractivity contribution in [1.29, 1.82) is 0 Å². The Hall–Kier alpha value is -3.20. The van der Waals surface area contributed by atoms with E-state index in [0.717, 1.165) is 12.0 Å². The molecule has 9 nitrogen and oxygen atoms in total. The molecule has 29 heavy (non-hydrogen) atoms. The summed E-state index contributed by atoms with van der Waals surface area (Å²) in [7, 11) is 1.23. The summed E-state index contributed by atoms with van der Waals surface area (Å²) in [5.74, 6) is -0.893. The van der Waals surface area contributed by atoms with Crippen LogP contribution < -0.4 is 15.8 Å². The lowest BCUT2D eigenvalue weighted by atomic mass is 10.1. The lowest BCUT2D eigenvalue weighted by Crippen LogP contribution is -2.46. The zero-order valence-electron chi connectivity index (χ0n) is 16.8. The number of methoxy groups -OCH3 is 1. The summed E-state index contributed by atoms with van der Waals surface area (Å²) in [5, 5.41) is 12.0. The summed E-state index contributed by atoms with van der Waals surface area (Å²) in [6.45, 7) is 3.63. The molecular weight excluding hydrogens is 376 g/mol. The highest BCUT2D eigenvalue weighted by Gasteiger charge is 2.23. The molecular formula is C20H26N4O5. The van der Waals surface area contributed by atoms with Crippen LogP contribution in [0.2, 0.25) is 0 Å². The maximum atomic E-state index is 12.5. The Labute approximate surface area is 169 Å². The fourth-order valence-corrected chi connectivity index (χ4v) is 2.82. The summed E-state index contributed by atoms with van der Waals surface area (Å²) < 4.78 is 10.2. The van der Waals surface area contributed by atoms with Crippen LogP contribution in [0.15, 0.2) is 24.3 Å². The van der Waals surface area contributed by atoms with Crippen LogP contribution in [0.4, 0.5) is 0 Å². The molecule has 2 aromatic rings. The van der Waals surface area contributed by atoms with E-state index in [1.54, 1.807) is 32.0 Å². The van der Waals surface area contributed by atoms with Crippen LogP contribution in [0.1, 0.15) is 33.7 Å². The zero-order valence-corrected chi connectivity index (χ0v) is 16.8. The maximum Gasteiger partial charge on any atom is 0.329 e. The number of carbonyl (C=O) groups is 2. The van der Waals surface area contributed by atoms with Crippen LogP contribution >= 0.6 is 0 Å². The van der Waals surface area contributed by atoms with E-state index in [1.807, 2.05) is 6.07 Å². The summed E-state index contributed by atoms with van der Waals surface area (Å²) in [6, 6.07) is 6.29. The number of aryl methyl sites for hydroxylation is 3. The number of aromatic nitrogens is 2. The van der Waals surface area contributed by atoms with Gasteiger partial charge in [0.25, 0.3) is 5.91 Å². The maximum absolute atomic E-state index is 12.5. The van der Waals surface area contributed by atoms with E-state index in [4.69, 9.17) is 10.5 Å². The molecule has 0 radical (unpaired) electrons. The molecule has 0 aliphatic rings. The van der Waals surface area contributed by atoms with Gasteiger partial charge in [-0.2, -0.15) is 9.97 Å². The minimum Gasteiger partial charge on any atom is -0.508 e. The van der Waals surface area contributed by atoms with Gasteiger partial charge in [-0.25, -0.2) is 4.79 Å². The van der Waals surface area contributed by atoms with Crippen molar-refractivity contribution < 1.29 is 24.2 Å². The van der Waals surface area contributed by atoms with Gasteiger partial charge in [-0.15, -0.1) is 0 Å². The Balaban J connectivity index is 1.97. The van der Waals surface area contributed by atoms with E-state index in [9.17, 15) is 14.7 Å². The average molecular weight is 402 g/mol. The summed E-state index contributed by atoms with van der Waals surface area (Å²) in [6.07, 6.45) is 1.45. The number of rotatable bonds is 9. The summed E-state index contributed by atoms with van der Waals surface area (Å²) in [5.41, 5.74) is 7.64. The minimum absolute atomic E-state index is 0.0856. The van der Waals surface area contributed by atoms with Crippen LogP contribution in [0, 0.1) is 13.8 Å².